The molecule has 1 amide bonds. The fourth-order valence-corrected chi connectivity index (χ4v) is 1.95. The number of aryl methyl sites for hydroxylation is 2. The van der Waals surface area contributed by atoms with Gasteiger partial charge >= 0.3 is 0 Å². The summed E-state index contributed by atoms with van der Waals surface area (Å²) in [7, 11) is 0. The number of rotatable bonds is 4. The zero-order valence-electron chi connectivity index (χ0n) is 12.7. The van der Waals surface area contributed by atoms with E-state index in [1.54, 1.807) is 12.1 Å². The molecule has 0 bridgehead atoms. The summed E-state index contributed by atoms with van der Waals surface area (Å²) in [5, 5.41) is 4.17. The van der Waals surface area contributed by atoms with Crippen LogP contribution in [-0.4, -0.2) is 11.6 Å². The van der Waals surface area contributed by atoms with Crippen LogP contribution in [0.1, 0.15) is 40.9 Å². The number of benzene rings is 2. The normalized spacial score (nSPS) is 11.3. The van der Waals surface area contributed by atoms with Crippen molar-refractivity contribution >= 4 is 11.6 Å². The Balaban J connectivity index is 2.05. The summed E-state index contributed by atoms with van der Waals surface area (Å²) >= 11 is 0. The Morgan fingerprint density at radius 1 is 1.00 bits per heavy atom. The van der Waals surface area contributed by atoms with Gasteiger partial charge in [-0.2, -0.15) is 5.10 Å². The highest BCUT2D eigenvalue weighted by atomic mass is 16.2. The molecule has 3 heteroatoms. The second kappa shape index (κ2) is 6.84. The monoisotopic (exact) mass is 280 g/mol. The third-order valence-corrected chi connectivity index (χ3v) is 3.42. The maximum absolute atomic E-state index is 12.0. The molecule has 0 heterocycles. The lowest BCUT2D eigenvalue weighted by Gasteiger charge is -2.04. The quantitative estimate of drug-likeness (QED) is 0.673. The van der Waals surface area contributed by atoms with Crippen LogP contribution in [0.3, 0.4) is 0 Å². The Kier molecular flexibility index (Phi) is 4.88. The van der Waals surface area contributed by atoms with Gasteiger partial charge in [-0.3, -0.25) is 4.79 Å². The minimum atomic E-state index is -0.195. The van der Waals surface area contributed by atoms with Gasteiger partial charge in [0, 0.05) is 5.56 Å². The van der Waals surface area contributed by atoms with Gasteiger partial charge in [-0.15, -0.1) is 0 Å². The molecule has 2 rings (SSSR count). The summed E-state index contributed by atoms with van der Waals surface area (Å²) < 4.78 is 0. The second-order valence-corrected chi connectivity index (χ2v) is 5.05. The predicted octanol–water partition coefficient (Wildman–Crippen LogP) is 3.71. The molecule has 0 saturated carbocycles. The van der Waals surface area contributed by atoms with E-state index in [0.29, 0.717) is 5.56 Å². The van der Waals surface area contributed by atoms with E-state index in [1.807, 2.05) is 38.1 Å². The number of amides is 1. The van der Waals surface area contributed by atoms with E-state index in [1.165, 1.54) is 5.56 Å². The number of hydrazone groups is 1. The van der Waals surface area contributed by atoms with E-state index < -0.39 is 0 Å². The average Bonchev–Trinajstić information content (AvgIpc) is 2.53. The highest BCUT2D eigenvalue weighted by molar-refractivity contribution is 6.00. The van der Waals surface area contributed by atoms with Crippen molar-refractivity contribution in [2.45, 2.75) is 27.2 Å². The highest BCUT2D eigenvalue weighted by Crippen LogP contribution is 2.07. The molecule has 0 unspecified atom stereocenters. The summed E-state index contributed by atoms with van der Waals surface area (Å²) in [6, 6.07) is 15.6. The van der Waals surface area contributed by atoms with Gasteiger partial charge in [-0.05, 0) is 43.5 Å². The first-order valence-corrected chi connectivity index (χ1v) is 7.10. The maximum atomic E-state index is 12.0. The summed E-state index contributed by atoms with van der Waals surface area (Å²) in [6.45, 7) is 6.00. The molecular formula is C18H20N2O. The zero-order valence-corrected chi connectivity index (χ0v) is 12.7. The first-order chi connectivity index (χ1) is 10.1. The Morgan fingerprint density at radius 3 is 2.14 bits per heavy atom. The summed E-state index contributed by atoms with van der Waals surface area (Å²) in [4.78, 5) is 12.0. The molecule has 0 aromatic heterocycles. The minimum absolute atomic E-state index is 0.195. The van der Waals surface area contributed by atoms with Crippen LogP contribution in [0.25, 0.3) is 0 Å². The molecule has 2 aromatic rings. The van der Waals surface area contributed by atoms with Crippen LogP contribution >= 0.6 is 0 Å². The highest BCUT2D eigenvalue weighted by Gasteiger charge is 2.04. The number of nitrogens with one attached hydrogen (secondary N) is 1. The molecule has 108 valence electrons. The van der Waals surface area contributed by atoms with Crippen molar-refractivity contribution in [3.8, 4) is 0 Å². The van der Waals surface area contributed by atoms with Gasteiger partial charge in [0.1, 0.15) is 0 Å². The van der Waals surface area contributed by atoms with Crippen molar-refractivity contribution < 1.29 is 4.79 Å². The fourth-order valence-electron chi connectivity index (χ4n) is 1.95. The third kappa shape index (κ3) is 4.02. The molecule has 0 radical (unpaired) electrons. The van der Waals surface area contributed by atoms with Crippen LogP contribution in [0.15, 0.2) is 53.6 Å². The standard InChI is InChI=1S/C18H20N2O/c1-4-15-7-11-16(12-8-15)14(3)19-20-18(21)17-9-5-13(2)6-10-17/h5-12H,4H2,1-3H3,(H,20,21)/b19-14+. The van der Waals surface area contributed by atoms with Crippen LogP contribution in [-0.2, 0) is 6.42 Å². The van der Waals surface area contributed by atoms with Crippen LogP contribution < -0.4 is 5.43 Å². The van der Waals surface area contributed by atoms with E-state index in [9.17, 15) is 4.79 Å². The van der Waals surface area contributed by atoms with Crippen molar-refractivity contribution in [3.05, 3.63) is 70.8 Å². The van der Waals surface area contributed by atoms with Crippen molar-refractivity contribution in [1.82, 2.24) is 5.43 Å². The van der Waals surface area contributed by atoms with Gasteiger partial charge in [0.2, 0.25) is 0 Å². The summed E-state index contributed by atoms with van der Waals surface area (Å²) in [5.74, 6) is -0.195. The van der Waals surface area contributed by atoms with Crippen molar-refractivity contribution in [2.75, 3.05) is 0 Å². The topological polar surface area (TPSA) is 41.5 Å². The molecule has 2 aromatic carbocycles. The van der Waals surface area contributed by atoms with Gasteiger partial charge in [0.25, 0.3) is 5.91 Å². The molecule has 0 aliphatic heterocycles. The molecule has 0 aliphatic rings. The molecule has 0 atom stereocenters. The first-order valence-electron chi connectivity index (χ1n) is 7.10. The number of carbonyl (C=O) groups is 1. The minimum Gasteiger partial charge on any atom is -0.267 e. The molecule has 1 N–H and O–H groups in total. The van der Waals surface area contributed by atoms with Crippen LogP contribution in [0.2, 0.25) is 0 Å². The van der Waals surface area contributed by atoms with E-state index >= 15 is 0 Å². The molecule has 0 fully saturated rings. The molecule has 3 nitrogen and oxygen atoms in total. The SMILES string of the molecule is CCc1ccc(/C(C)=N/NC(=O)c2ccc(C)cc2)cc1. The van der Waals surface area contributed by atoms with E-state index in [0.717, 1.165) is 23.3 Å². The van der Waals surface area contributed by atoms with E-state index in [-0.39, 0.29) is 5.91 Å². The Labute approximate surface area is 125 Å². The van der Waals surface area contributed by atoms with Gasteiger partial charge in [-0.1, -0.05) is 48.9 Å². The van der Waals surface area contributed by atoms with Gasteiger partial charge in [-0.25, -0.2) is 5.43 Å². The molecule has 0 spiro atoms. The predicted molar refractivity (Wildman–Crippen MR) is 86.7 cm³/mol. The molecule has 0 aliphatic carbocycles. The summed E-state index contributed by atoms with van der Waals surface area (Å²) in [5.41, 5.74) is 7.42. The smallest absolute Gasteiger partial charge is 0.267 e. The van der Waals surface area contributed by atoms with Crippen molar-refractivity contribution in [1.29, 1.82) is 0 Å². The number of hydrogen-bond acceptors (Lipinski definition) is 2. The van der Waals surface area contributed by atoms with Crippen molar-refractivity contribution in [3.63, 3.8) is 0 Å². The third-order valence-electron chi connectivity index (χ3n) is 3.42. The van der Waals surface area contributed by atoms with Crippen molar-refractivity contribution in [2.24, 2.45) is 5.10 Å². The fraction of sp³-hybridized carbons (Fsp3) is 0.222. The van der Waals surface area contributed by atoms with E-state index in [4.69, 9.17) is 0 Å². The van der Waals surface area contributed by atoms with Gasteiger partial charge < -0.3 is 0 Å². The molecule has 21 heavy (non-hydrogen) atoms. The van der Waals surface area contributed by atoms with Gasteiger partial charge in [0.15, 0.2) is 0 Å². The zero-order chi connectivity index (χ0) is 15.2. The Hall–Kier alpha value is -2.42. The summed E-state index contributed by atoms with van der Waals surface area (Å²) in [6.07, 6.45) is 1.01. The van der Waals surface area contributed by atoms with E-state index in [2.05, 4.69) is 29.6 Å². The maximum Gasteiger partial charge on any atom is 0.271 e. The molecular weight excluding hydrogens is 260 g/mol. The lowest BCUT2D eigenvalue weighted by molar-refractivity contribution is 0.0955. The number of nitrogens with zero attached hydrogens (tertiary/aromatic N) is 1. The number of hydrogen-bond donors (Lipinski definition) is 1. The Morgan fingerprint density at radius 2 is 1.57 bits per heavy atom. The van der Waals surface area contributed by atoms with Gasteiger partial charge in [0.05, 0.1) is 5.71 Å². The van der Waals surface area contributed by atoms with Crippen LogP contribution in [0.5, 0.6) is 0 Å². The lowest BCUT2D eigenvalue weighted by atomic mass is 10.1. The number of carbonyl (C=O) groups excluding carboxylic acids is 1. The van der Waals surface area contributed by atoms with Crippen LogP contribution in [0, 0.1) is 6.92 Å². The second-order valence-electron chi connectivity index (χ2n) is 5.05. The molecule has 0 saturated heterocycles. The first kappa shape index (κ1) is 15.0. The average molecular weight is 280 g/mol. The lowest BCUT2D eigenvalue weighted by Crippen LogP contribution is -2.19. The Bertz CT molecular complexity index is 640. The largest absolute Gasteiger partial charge is 0.271 e. The van der Waals surface area contributed by atoms with Crippen LogP contribution in [0.4, 0.5) is 0 Å².